The van der Waals surface area contributed by atoms with Crippen molar-refractivity contribution in [2.45, 2.75) is 46.1 Å². The summed E-state index contributed by atoms with van der Waals surface area (Å²) in [6, 6.07) is 0. The highest BCUT2D eigenvalue weighted by molar-refractivity contribution is 5.81. The topological polar surface area (TPSA) is 26.3 Å². The van der Waals surface area contributed by atoms with E-state index in [1.165, 1.54) is 12.5 Å². The van der Waals surface area contributed by atoms with Crippen molar-refractivity contribution < 1.29 is 9.53 Å². The summed E-state index contributed by atoms with van der Waals surface area (Å²) in [5.41, 5.74) is 0.295. The minimum Gasteiger partial charge on any atom is -0.459 e. The van der Waals surface area contributed by atoms with Gasteiger partial charge in [0.05, 0.1) is 0 Å². The SMILES string of the molecule is C=CC(=O)O[C@H]1C[C@H](C)CC(C)(C)C1. The predicted molar refractivity (Wildman–Crippen MR) is 56.9 cm³/mol. The van der Waals surface area contributed by atoms with Crippen molar-refractivity contribution >= 4 is 5.97 Å². The van der Waals surface area contributed by atoms with E-state index in [0.717, 1.165) is 12.8 Å². The van der Waals surface area contributed by atoms with Gasteiger partial charge in [0.25, 0.3) is 0 Å². The molecule has 0 heterocycles. The summed E-state index contributed by atoms with van der Waals surface area (Å²) in [5, 5.41) is 0. The van der Waals surface area contributed by atoms with E-state index in [2.05, 4.69) is 27.4 Å². The zero-order chi connectivity index (χ0) is 10.8. The smallest absolute Gasteiger partial charge is 0.330 e. The van der Waals surface area contributed by atoms with Crippen LogP contribution in [0.3, 0.4) is 0 Å². The highest BCUT2D eigenvalue weighted by Crippen LogP contribution is 2.39. The van der Waals surface area contributed by atoms with Gasteiger partial charge in [0.15, 0.2) is 0 Å². The first-order valence-corrected chi connectivity index (χ1v) is 5.26. The molecule has 1 aliphatic rings. The number of rotatable bonds is 2. The van der Waals surface area contributed by atoms with Gasteiger partial charge in [0.2, 0.25) is 0 Å². The number of carbonyl (C=O) groups excluding carboxylic acids is 1. The predicted octanol–water partition coefficient (Wildman–Crippen LogP) is 2.93. The second kappa shape index (κ2) is 4.16. The summed E-state index contributed by atoms with van der Waals surface area (Å²) in [4.78, 5) is 11.1. The summed E-state index contributed by atoms with van der Waals surface area (Å²) in [7, 11) is 0. The van der Waals surface area contributed by atoms with Crippen molar-refractivity contribution in [2.24, 2.45) is 11.3 Å². The molecule has 0 aromatic rings. The Kier molecular flexibility index (Phi) is 3.35. The average Bonchev–Trinajstić information content (AvgIpc) is 1.99. The number of hydrogen-bond acceptors (Lipinski definition) is 2. The highest BCUT2D eigenvalue weighted by atomic mass is 16.5. The van der Waals surface area contributed by atoms with Crippen molar-refractivity contribution in [1.82, 2.24) is 0 Å². The molecule has 80 valence electrons. The van der Waals surface area contributed by atoms with Crippen LogP contribution < -0.4 is 0 Å². The number of esters is 1. The Morgan fingerprint density at radius 2 is 2.14 bits per heavy atom. The van der Waals surface area contributed by atoms with Gasteiger partial charge in [-0.25, -0.2) is 4.79 Å². The van der Waals surface area contributed by atoms with Crippen LogP contribution in [0.2, 0.25) is 0 Å². The minimum absolute atomic E-state index is 0.0826. The molecule has 1 fully saturated rings. The van der Waals surface area contributed by atoms with Crippen LogP contribution in [0, 0.1) is 11.3 Å². The maximum Gasteiger partial charge on any atom is 0.330 e. The molecule has 0 aliphatic heterocycles. The second-order valence-electron chi connectivity index (χ2n) is 5.18. The summed E-state index contributed by atoms with van der Waals surface area (Å²) in [6.07, 6.45) is 4.50. The lowest BCUT2D eigenvalue weighted by Gasteiger charge is -2.38. The Bertz CT molecular complexity index is 230. The molecule has 0 N–H and O–H groups in total. The summed E-state index contributed by atoms with van der Waals surface area (Å²) in [5.74, 6) is 0.348. The maximum absolute atomic E-state index is 11.1. The molecule has 1 saturated carbocycles. The Morgan fingerprint density at radius 1 is 1.50 bits per heavy atom. The van der Waals surface area contributed by atoms with Crippen molar-refractivity contribution in [3.63, 3.8) is 0 Å². The quantitative estimate of drug-likeness (QED) is 0.501. The van der Waals surface area contributed by atoms with E-state index >= 15 is 0 Å². The first kappa shape index (κ1) is 11.3. The molecule has 0 amide bonds. The molecule has 0 radical (unpaired) electrons. The van der Waals surface area contributed by atoms with Crippen LogP contribution in [-0.4, -0.2) is 12.1 Å². The Hall–Kier alpha value is -0.790. The van der Waals surface area contributed by atoms with Gasteiger partial charge in [-0.1, -0.05) is 27.4 Å². The fourth-order valence-corrected chi connectivity index (χ4v) is 2.56. The zero-order valence-electron chi connectivity index (χ0n) is 9.38. The third-order valence-corrected chi connectivity index (χ3v) is 2.80. The molecule has 0 unspecified atom stereocenters. The van der Waals surface area contributed by atoms with E-state index in [9.17, 15) is 4.79 Å². The molecule has 0 aromatic carbocycles. The van der Waals surface area contributed by atoms with Gasteiger partial charge in [0.1, 0.15) is 6.10 Å². The summed E-state index contributed by atoms with van der Waals surface area (Å²) < 4.78 is 5.29. The second-order valence-corrected chi connectivity index (χ2v) is 5.18. The number of carbonyl (C=O) groups is 1. The van der Waals surface area contributed by atoms with Crippen LogP contribution in [-0.2, 0) is 9.53 Å². The van der Waals surface area contributed by atoms with Crippen molar-refractivity contribution in [3.05, 3.63) is 12.7 Å². The maximum atomic E-state index is 11.1. The normalized spacial score (nSPS) is 30.8. The number of ether oxygens (including phenoxy) is 1. The van der Waals surface area contributed by atoms with Gasteiger partial charge >= 0.3 is 5.97 Å². The fourth-order valence-electron chi connectivity index (χ4n) is 2.56. The van der Waals surface area contributed by atoms with Crippen molar-refractivity contribution in [3.8, 4) is 0 Å². The summed E-state index contributed by atoms with van der Waals surface area (Å²) in [6.45, 7) is 10.1. The molecule has 2 atom stereocenters. The molecule has 2 nitrogen and oxygen atoms in total. The lowest BCUT2D eigenvalue weighted by atomic mass is 9.71. The van der Waals surface area contributed by atoms with Gasteiger partial charge < -0.3 is 4.74 Å². The van der Waals surface area contributed by atoms with Crippen molar-refractivity contribution in [1.29, 1.82) is 0 Å². The number of hydrogen-bond donors (Lipinski definition) is 0. The van der Waals surface area contributed by atoms with E-state index in [0.29, 0.717) is 11.3 Å². The Balaban J connectivity index is 2.54. The van der Waals surface area contributed by atoms with Gasteiger partial charge in [-0.15, -0.1) is 0 Å². The van der Waals surface area contributed by atoms with Gasteiger partial charge in [-0.3, -0.25) is 0 Å². The van der Waals surface area contributed by atoms with Gasteiger partial charge in [0, 0.05) is 6.08 Å². The molecule has 2 heteroatoms. The largest absolute Gasteiger partial charge is 0.459 e. The standard InChI is InChI=1S/C12H20O2/c1-5-11(13)14-10-6-9(2)7-12(3,4)8-10/h5,9-10H,1,6-8H2,2-4H3/t9-,10-/m0/s1. The summed E-state index contributed by atoms with van der Waals surface area (Å²) >= 11 is 0. The molecule has 0 saturated heterocycles. The van der Waals surface area contributed by atoms with Gasteiger partial charge in [-0.2, -0.15) is 0 Å². The first-order chi connectivity index (χ1) is 6.43. The van der Waals surface area contributed by atoms with E-state index in [4.69, 9.17) is 4.74 Å². The molecule has 0 spiro atoms. The van der Waals surface area contributed by atoms with Crippen molar-refractivity contribution in [2.75, 3.05) is 0 Å². The lowest BCUT2D eigenvalue weighted by molar-refractivity contribution is -0.147. The third kappa shape index (κ3) is 3.17. The molecule has 0 aromatic heterocycles. The first-order valence-electron chi connectivity index (χ1n) is 5.26. The van der Waals surface area contributed by atoms with Crippen LogP contribution in [0.4, 0.5) is 0 Å². The average molecular weight is 196 g/mol. The van der Waals surface area contributed by atoms with E-state index in [-0.39, 0.29) is 12.1 Å². The van der Waals surface area contributed by atoms with E-state index in [1.807, 2.05) is 0 Å². The van der Waals surface area contributed by atoms with Crippen LogP contribution in [0.5, 0.6) is 0 Å². The van der Waals surface area contributed by atoms with Crippen LogP contribution in [0.1, 0.15) is 40.0 Å². The molecule has 14 heavy (non-hydrogen) atoms. The monoisotopic (exact) mass is 196 g/mol. The molecule has 0 bridgehead atoms. The highest BCUT2D eigenvalue weighted by Gasteiger charge is 2.33. The Labute approximate surface area is 86.3 Å². The van der Waals surface area contributed by atoms with Crippen LogP contribution in [0.25, 0.3) is 0 Å². The molecular formula is C12H20O2. The molecular weight excluding hydrogens is 176 g/mol. The molecule has 1 rings (SSSR count). The molecule has 1 aliphatic carbocycles. The lowest BCUT2D eigenvalue weighted by Crippen LogP contribution is -2.33. The van der Waals surface area contributed by atoms with E-state index < -0.39 is 0 Å². The van der Waals surface area contributed by atoms with E-state index in [1.54, 1.807) is 0 Å². The Morgan fingerprint density at radius 3 is 2.64 bits per heavy atom. The van der Waals surface area contributed by atoms with Crippen LogP contribution in [0.15, 0.2) is 12.7 Å². The zero-order valence-corrected chi connectivity index (χ0v) is 9.38. The minimum atomic E-state index is -0.292. The van der Waals surface area contributed by atoms with Gasteiger partial charge in [-0.05, 0) is 30.6 Å². The van der Waals surface area contributed by atoms with Crippen LogP contribution >= 0.6 is 0 Å². The third-order valence-electron chi connectivity index (χ3n) is 2.80. The fraction of sp³-hybridized carbons (Fsp3) is 0.750.